The van der Waals surface area contributed by atoms with Gasteiger partial charge in [-0.25, -0.2) is 9.18 Å². The Balaban J connectivity index is 1.25. The zero-order valence-corrected chi connectivity index (χ0v) is 28.7. The monoisotopic (exact) mass is 698 g/mol. The van der Waals surface area contributed by atoms with Crippen molar-refractivity contribution >= 4 is 62.8 Å². The molecule has 0 amide bonds. The zero-order chi connectivity index (χ0) is 32.9. The highest BCUT2D eigenvalue weighted by molar-refractivity contribution is 7.98. The Morgan fingerprint density at radius 3 is 2.71 bits per heavy atom. The molecule has 3 aromatic carbocycles. The van der Waals surface area contributed by atoms with Gasteiger partial charge in [0, 0.05) is 69.5 Å². The second-order valence-electron chi connectivity index (χ2n) is 12.3. The van der Waals surface area contributed by atoms with E-state index in [9.17, 15) is 14.3 Å². The van der Waals surface area contributed by atoms with Crippen molar-refractivity contribution in [3.63, 3.8) is 0 Å². The van der Waals surface area contributed by atoms with Gasteiger partial charge in [0.2, 0.25) is 0 Å². The van der Waals surface area contributed by atoms with Gasteiger partial charge in [-0.05, 0) is 84.7 Å². The number of ether oxygens (including phenoxy) is 1. The van der Waals surface area contributed by atoms with Gasteiger partial charge in [-0.2, -0.15) is 5.10 Å². The Morgan fingerprint density at radius 2 is 1.88 bits per heavy atom. The quantitative estimate of drug-likeness (QED) is 0.183. The molecule has 3 aliphatic heterocycles. The highest BCUT2D eigenvalue weighted by Gasteiger charge is 2.29. The third-order valence-corrected chi connectivity index (χ3v) is 11.6. The van der Waals surface area contributed by atoms with Crippen molar-refractivity contribution in [3.8, 4) is 16.9 Å². The zero-order valence-electron chi connectivity index (χ0n) is 26.3. The molecule has 0 spiro atoms. The number of thioether (sulfide) groups is 2. The number of carboxylic acid groups (broad SMARTS) is 1. The largest absolute Gasteiger partial charge is 0.493 e. The van der Waals surface area contributed by atoms with Crippen LogP contribution in [0.15, 0.2) is 65.7 Å². The molecule has 3 aliphatic rings. The normalized spacial score (nSPS) is 15.2. The summed E-state index contributed by atoms with van der Waals surface area (Å²) in [5.41, 5.74) is 7.88. The maximum atomic E-state index is 14.3. The number of rotatable bonds is 1. The second kappa shape index (κ2) is 12.8. The summed E-state index contributed by atoms with van der Waals surface area (Å²) in [6, 6.07) is 16.7. The van der Waals surface area contributed by atoms with Crippen LogP contribution in [0.1, 0.15) is 51.5 Å². The van der Waals surface area contributed by atoms with Gasteiger partial charge < -0.3 is 14.4 Å². The molecule has 8 bridgehead atoms. The Kier molecular flexibility index (Phi) is 8.34. The summed E-state index contributed by atoms with van der Waals surface area (Å²) in [7, 11) is 1.81. The minimum absolute atomic E-state index is 0.250. The van der Waals surface area contributed by atoms with E-state index in [1.165, 1.54) is 12.1 Å². The topological polar surface area (TPSA) is 82.2 Å². The lowest BCUT2D eigenvalue weighted by molar-refractivity contribution is 0.0685. The SMILES string of the molecule is Cn1c(C(=O)O)c2c3ccc(Cl)c(c31)-c1c(nn3c1CCC3)CSCc1ccc(cn1)CSc1cc(c3ccc(F)cc3c1)OCCC2. The Bertz CT molecular complexity index is 2230. The number of hydrogen-bond acceptors (Lipinski definition) is 6. The lowest BCUT2D eigenvalue weighted by atomic mass is 9.97. The van der Waals surface area contributed by atoms with E-state index in [2.05, 4.69) is 16.8 Å². The summed E-state index contributed by atoms with van der Waals surface area (Å²) in [6.45, 7) is 1.22. The fourth-order valence-corrected chi connectivity index (χ4v) is 9.13. The van der Waals surface area contributed by atoms with Crippen LogP contribution in [0, 0.1) is 5.82 Å². The minimum atomic E-state index is -0.982. The number of halogens is 2. The van der Waals surface area contributed by atoms with Crippen LogP contribution in [0.4, 0.5) is 4.39 Å². The Labute approximate surface area is 290 Å². The second-order valence-corrected chi connectivity index (χ2v) is 14.7. The number of carboxylic acids is 1. The molecule has 9 rings (SSSR count). The Hall–Kier alpha value is -3.99. The van der Waals surface area contributed by atoms with Crippen LogP contribution in [0.5, 0.6) is 5.75 Å². The maximum Gasteiger partial charge on any atom is 0.352 e. The highest BCUT2D eigenvalue weighted by atomic mass is 35.5. The van der Waals surface area contributed by atoms with Crippen molar-refractivity contribution in [1.29, 1.82) is 0 Å². The lowest BCUT2D eigenvalue weighted by Crippen LogP contribution is -2.09. The summed E-state index contributed by atoms with van der Waals surface area (Å²) >= 11 is 10.4. The third-order valence-electron chi connectivity index (χ3n) is 9.23. The smallest absolute Gasteiger partial charge is 0.352 e. The predicted octanol–water partition coefficient (Wildman–Crippen LogP) is 9.08. The van der Waals surface area contributed by atoms with E-state index >= 15 is 0 Å². The molecule has 0 saturated heterocycles. The van der Waals surface area contributed by atoms with Gasteiger partial charge in [-0.1, -0.05) is 23.7 Å². The van der Waals surface area contributed by atoms with Gasteiger partial charge in [-0.3, -0.25) is 9.67 Å². The van der Waals surface area contributed by atoms with E-state index in [0.29, 0.717) is 41.7 Å². The van der Waals surface area contributed by atoms with Crippen LogP contribution < -0.4 is 4.74 Å². The van der Waals surface area contributed by atoms with Crippen molar-refractivity contribution in [1.82, 2.24) is 19.3 Å². The summed E-state index contributed by atoms with van der Waals surface area (Å²) in [5.74, 6) is 1.50. The molecule has 6 heterocycles. The summed E-state index contributed by atoms with van der Waals surface area (Å²) < 4.78 is 24.5. The number of fused-ring (bicyclic) bond motifs is 10. The molecule has 11 heteroatoms. The summed E-state index contributed by atoms with van der Waals surface area (Å²) in [4.78, 5) is 18.5. The number of pyridine rings is 1. The molecule has 0 aliphatic carbocycles. The predicted molar refractivity (Wildman–Crippen MR) is 191 cm³/mol. The first-order valence-electron chi connectivity index (χ1n) is 16.0. The third kappa shape index (κ3) is 5.63. The lowest BCUT2D eigenvalue weighted by Gasteiger charge is -2.13. The van der Waals surface area contributed by atoms with Gasteiger partial charge in [0.1, 0.15) is 17.3 Å². The van der Waals surface area contributed by atoms with Gasteiger partial charge in [0.05, 0.1) is 28.5 Å². The fraction of sp³-hybridized carbons (Fsp3) is 0.270. The van der Waals surface area contributed by atoms with Gasteiger partial charge in [0.15, 0.2) is 0 Å². The number of benzene rings is 3. The molecular weight excluding hydrogens is 667 g/mol. The van der Waals surface area contributed by atoms with E-state index in [1.54, 1.807) is 34.2 Å². The van der Waals surface area contributed by atoms with Crippen molar-refractivity contribution in [2.24, 2.45) is 7.05 Å². The van der Waals surface area contributed by atoms with Crippen molar-refractivity contribution in [2.45, 2.75) is 54.4 Å². The molecule has 3 aromatic heterocycles. The molecule has 1 N–H and O–H groups in total. The van der Waals surface area contributed by atoms with Gasteiger partial charge in [0.25, 0.3) is 0 Å². The average molecular weight is 699 g/mol. The fourth-order valence-electron chi connectivity index (χ4n) is 7.10. The standard InChI is InChI=1S/C37H32ClFN4O3S2/c1-42-35-28-10-11-29(38)33(35)34-30(41-43-12-2-5-31(34)43)20-47-19-24-8-6-21(17-40-24)18-48-25-15-22-14-23(39)7-9-26(22)32(16-25)46-13-3-4-27(28)36(42)37(44)45/h6-11,14-17H,2-5,12-13,18-20H2,1H3,(H,44,45). The van der Waals surface area contributed by atoms with Crippen LogP contribution in [0.2, 0.25) is 5.02 Å². The van der Waals surface area contributed by atoms with Crippen LogP contribution >= 0.6 is 35.1 Å². The first-order valence-corrected chi connectivity index (χ1v) is 18.5. The molecule has 0 atom stereocenters. The molecule has 0 saturated carbocycles. The first kappa shape index (κ1) is 31.3. The summed E-state index contributed by atoms with van der Waals surface area (Å²) in [6.07, 6.45) is 4.91. The number of aromatic nitrogens is 4. The molecular formula is C37H32ClFN4O3S2. The minimum Gasteiger partial charge on any atom is -0.493 e. The number of aromatic carboxylic acids is 1. The van der Waals surface area contributed by atoms with E-state index < -0.39 is 5.97 Å². The molecule has 0 fully saturated rings. The maximum absolute atomic E-state index is 14.3. The van der Waals surface area contributed by atoms with Gasteiger partial charge in [-0.15, -0.1) is 23.5 Å². The molecule has 48 heavy (non-hydrogen) atoms. The van der Waals surface area contributed by atoms with E-state index in [-0.39, 0.29) is 11.5 Å². The Morgan fingerprint density at radius 1 is 1.00 bits per heavy atom. The molecule has 0 unspecified atom stereocenters. The van der Waals surface area contributed by atoms with Crippen molar-refractivity contribution in [2.75, 3.05) is 6.61 Å². The van der Waals surface area contributed by atoms with Crippen LogP contribution in [0.25, 0.3) is 32.8 Å². The molecule has 7 nitrogen and oxygen atoms in total. The van der Waals surface area contributed by atoms with E-state index in [4.69, 9.17) is 26.4 Å². The highest BCUT2D eigenvalue weighted by Crippen LogP contribution is 2.44. The van der Waals surface area contributed by atoms with Crippen molar-refractivity contribution in [3.05, 3.63) is 106 Å². The molecule has 6 aromatic rings. The molecule has 244 valence electrons. The van der Waals surface area contributed by atoms with Crippen LogP contribution in [0.3, 0.4) is 0 Å². The number of hydrogen-bond donors (Lipinski definition) is 1. The van der Waals surface area contributed by atoms with Crippen LogP contribution in [-0.4, -0.2) is 37.0 Å². The van der Waals surface area contributed by atoms with Gasteiger partial charge >= 0.3 is 5.97 Å². The number of aryl methyl sites for hydroxylation is 3. The van der Waals surface area contributed by atoms with E-state index in [0.717, 1.165) is 91.0 Å². The van der Waals surface area contributed by atoms with Crippen molar-refractivity contribution < 1.29 is 19.0 Å². The van der Waals surface area contributed by atoms with E-state index in [1.807, 2.05) is 37.5 Å². The summed E-state index contributed by atoms with van der Waals surface area (Å²) in [5, 5.41) is 18.6. The number of nitrogens with zero attached hydrogens (tertiary/aromatic N) is 4. The molecule has 0 radical (unpaired) electrons. The first-order chi connectivity index (χ1) is 23.4. The number of carbonyl (C=O) groups is 1. The average Bonchev–Trinajstić information content (AvgIpc) is 3.74. The van der Waals surface area contributed by atoms with Crippen LogP contribution in [-0.2, 0) is 43.7 Å².